The number of benzene rings is 2. The molecule has 0 saturated carbocycles. The number of aryl methyl sites for hydroxylation is 1. The maximum Gasteiger partial charge on any atom is 1.00 e. The van der Waals surface area contributed by atoms with Gasteiger partial charge in [-0.1, -0.05) is 55.8 Å². The van der Waals surface area contributed by atoms with Crippen LogP contribution < -0.4 is 39.4 Å². The van der Waals surface area contributed by atoms with Crippen molar-refractivity contribution in [2.75, 3.05) is 0 Å². The van der Waals surface area contributed by atoms with Crippen molar-refractivity contribution in [2.24, 2.45) is 0 Å². The van der Waals surface area contributed by atoms with E-state index >= 15 is 0 Å². The summed E-state index contributed by atoms with van der Waals surface area (Å²) < 4.78 is 5.77. The molecule has 3 nitrogen and oxygen atoms in total. The summed E-state index contributed by atoms with van der Waals surface area (Å²) in [6.07, 6.45) is 0.252. The van der Waals surface area contributed by atoms with Crippen LogP contribution in [0, 0.1) is 6.92 Å². The second kappa shape index (κ2) is 8.70. The van der Waals surface area contributed by atoms with Crippen molar-refractivity contribution >= 4 is 5.97 Å². The van der Waals surface area contributed by atoms with Crippen LogP contribution >= 0.6 is 0 Å². The number of carboxylic acid groups (broad SMARTS) is 1. The van der Waals surface area contributed by atoms with Crippen LogP contribution in [0.1, 0.15) is 43.4 Å². The molecular weight excluding hydrogens is 311 g/mol. The predicted molar refractivity (Wildman–Crippen MR) is 89.5 cm³/mol. The fraction of sp³-hybridized carbons (Fsp3) is 0.350. The van der Waals surface area contributed by atoms with Gasteiger partial charge in [-0.15, -0.1) is 0 Å². The molecule has 0 aliphatic rings. The van der Waals surface area contributed by atoms with Crippen LogP contribution in [0.3, 0.4) is 0 Å². The number of ether oxygens (including phenoxy) is 1. The maximum absolute atomic E-state index is 11.6. The van der Waals surface area contributed by atoms with Crippen LogP contribution in [0.4, 0.5) is 0 Å². The van der Waals surface area contributed by atoms with Crippen LogP contribution in [0.15, 0.2) is 48.5 Å². The minimum atomic E-state index is -1.41. The third-order valence-corrected chi connectivity index (χ3v) is 3.98. The van der Waals surface area contributed by atoms with Gasteiger partial charge in [0.25, 0.3) is 0 Å². The largest absolute Gasteiger partial charge is 1.00 e. The van der Waals surface area contributed by atoms with E-state index in [-0.39, 0.29) is 36.0 Å². The summed E-state index contributed by atoms with van der Waals surface area (Å²) >= 11 is 0. The number of carbonyl (C=O) groups excluding carboxylic acids is 1. The SMILES string of the molecule is Cc1ccc(CC(C)(Oc2ccc(C(C)C)cc2)C(=O)[O-])cc1.[Na+]. The van der Waals surface area contributed by atoms with E-state index in [2.05, 4.69) is 13.8 Å². The summed E-state index contributed by atoms with van der Waals surface area (Å²) in [5.74, 6) is -0.261. The second-order valence-electron chi connectivity index (χ2n) is 6.51. The Bertz CT molecular complexity index is 662. The number of hydrogen-bond acceptors (Lipinski definition) is 3. The van der Waals surface area contributed by atoms with Gasteiger partial charge in [-0.25, -0.2) is 0 Å². The van der Waals surface area contributed by atoms with Crippen LogP contribution in [-0.2, 0) is 11.2 Å². The van der Waals surface area contributed by atoms with E-state index in [1.165, 1.54) is 5.56 Å². The maximum atomic E-state index is 11.6. The van der Waals surface area contributed by atoms with E-state index in [1.807, 2.05) is 55.5 Å². The standard InChI is InChI=1S/C20H24O3.Na/c1-14(2)17-9-11-18(12-10-17)23-20(4,19(21)22)13-16-7-5-15(3)6-8-16;/h5-12,14H,13H2,1-4H3,(H,21,22);/q;+1/p-1. The normalized spacial score (nSPS) is 13.0. The average molecular weight is 334 g/mol. The van der Waals surface area contributed by atoms with Crippen molar-refractivity contribution in [3.05, 3.63) is 65.2 Å². The average Bonchev–Trinajstić information content (AvgIpc) is 2.50. The molecule has 2 aromatic rings. The number of rotatable bonds is 6. The quantitative estimate of drug-likeness (QED) is 0.712. The van der Waals surface area contributed by atoms with Gasteiger partial charge in [-0.2, -0.15) is 0 Å². The van der Waals surface area contributed by atoms with Gasteiger partial charge in [0.1, 0.15) is 11.4 Å². The third kappa shape index (κ3) is 5.37. The minimum Gasteiger partial charge on any atom is -0.546 e. The molecule has 0 amide bonds. The minimum absolute atomic E-state index is 0. The molecule has 0 aromatic heterocycles. The third-order valence-electron chi connectivity index (χ3n) is 3.98. The number of hydrogen-bond donors (Lipinski definition) is 0. The molecule has 2 rings (SSSR count). The summed E-state index contributed by atoms with van der Waals surface area (Å²) in [4.78, 5) is 11.6. The molecule has 4 heteroatoms. The van der Waals surface area contributed by atoms with Gasteiger partial charge in [0.05, 0.1) is 5.97 Å². The van der Waals surface area contributed by atoms with E-state index in [0.29, 0.717) is 11.7 Å². The summed E-state index contributed by atoms with van der Waals surface area (Å²) in [6.45, 7) is 7.77. The molecule has 0 N–H and O–H groups in total. The molecule has 24 heavy (non-hydrogen) atoms. The van der Waals surface area contributed by atoms with Gasteiger partial charge >= 0.3 is 29.6 Å². The number of carboxylic acids is 1. The number of carbonyl (C=O) groups is 1. The zero-order valence-electron chi connectivity index (χ0n) is 15.1. The Hall–Kier alpha value is -1.29. The molecule has 0 saturated heterocycles. The zero-order chi connectivity index (χ0) is 17.0. The monoisotopic (exact) mass is 334 g/mol. The first-order chi connectivity index (χ1) is 10.8. The molecule has 0 heterocycles. The summed E-state index contributed by atoms with van der Waals surface area (Å²) in [5.41, 5.74) is 1.82. The molecule has 122 valence electrons. The van der Waals surface area contributed by atoms with Gasteiger partial charge in [0, 0.05) is 6.42 Å². The summed E-state index contributed by atoms with van der Waals surface area (Å²) in [6, 6.07) is 15.3. The van der Waals surface area contributed by atoms with Crippen molar-refractivity contribution in [3.8, 4) is 5.75 Å². The van der Waals surface area contributed by atoms with Crippen molar-refractivity contribution in [1.82, 2.24) is 0 Å². The van der Waals surface area contributed by atoms with Gasteiger partial charge in [-0.05, 0) is 43.0 Å². The van der Waals surface area contributed by atoms with E-state index in [4.69, 9.17) is 4.74 Å². The summed E-state index contributed by atoms with van der Waals surface area (Å²) in [5, 5.41) is 11.6. The Kier molecular flexibility index (Phi) is 7.53. The topological polar surface area (TPSA) is 49.4 Å². The van der Waals surface area contributed by atoms with Crippen molar-refractivity contribution in [2.45, 2.75) is 45.6 Å². The van der Waals surface area contributed by atoms with Gasteiger partial charge < -0.3 is 14.6 Å². The van der Waals surface area contributed by atoms with Crippen molar-refractivity contribution in [3.63, 3.8) is 0 Å². The Balaban J connectivity index is 0.00000288. The van der Waals surface area contributed by atoms with Gasteiger partial charge in [-0.3, -0.25) is 0 Å². The molecule has 0 bridgehead atoms. The van der Waals surface area contributed by atoms with Crippen LogP contribution in [0.2, 0.25) is 0 Å². The van der Waals surface area contributed by atoms with E-state index in [9.17, 15) is 9.90 Å². The number of aliphatic carboxylic acids is 1. The van der Waals surface area contributed by atoms with Crippen molar-refractivity contribution in [1.29, 1.82) is 0 Å². The first-order valence-electron chi connectivity index (χ1n) is 7.86. The Labute approximate surface area is 166 Å². The van der Waals surface area contributed by atoms with Gasteiger partial charge in [0.15, 0.2) is 0 Å². The van der Waals surface area contributed by atoms with E-state index in [0.717, 1.165) is 11.1 Å². The van der Waals surface area contributed by atoms with E-state index in [1.54, 1.807) is 6.92 Å². The molecule has 2 aromatic carbocycles. The molecule has 1 atom stereocenters. The molecule has 0 fully saturated rings. The Morgan fingerprint density at radius 2 is 1.62 bits per heavy atom. The Morgan fingerprint density at radius 3 is 2.08 bits per heavy atom. The van der Waals surface area contributed by atoms with Crippen LogP contribution in [-0.4, -0.2) is 11.6 Å². The van der Waals surface area contributed by atoms with Gasteiger partial charge in [0.2, 0.25) is 0 Å². The molecule has 0 aliphatic heterocycles. The predicted octanol–water partition coefficient (Wildman–Crippen LogP) is 0.253. The van der Waals surface area contributed by atoms with E-state index < -0.39 is 11.6 Å². The second-order valence-corrected chi connectivity index (χ2v) is 6.51. The summed E-state index contributed by atoms with van der Waals surface area (Å²) in [7, 11) is 0. The molecular formula is C20H23NaO3. The van der Waals surface area contributed by atoms with Crippen LogP contribution in [0.25, 0.3) is 0 Å². The fourth-order valence-corrected chi connectivity index (χ4v) is 2.43. The molecule has 0 radical (unpaired) electrons. The molecule has 0 spiro atoms. The Morgan fingerprint density at radius 1 is 1.08 bits per heavy atom. The van der Waals surface area contributed by atoms with Crippen molar-refractivity contribution < 1.29 is 44.2 Å². The smallest absolute Gasteiger partial charge is 0.546 e. The van der Waals surface area contributed by atoms with Crippen LogP contribution in [0.5, 0.6) is 5.75 Å². The first-order valence-corrected chi connectivity index (χ1v) is 7.86. The molecule has 1 unspecified atom stereocenters. The molecule has 0 aliphatic carbocycles. The first kappa shape index (κ1) is 20.8. The fourth-order valence-electron chi connectivity index (χ4n) is 2.43. The zero-order valence-corrected chi connectivity index (χ0v) is 17.1.